The first-order valence-corrected chi connectivity index (χ1v) is 7.62. The van der Waals surface area contributed by atoms with E-state index in [0.29, 0.717) is 0 Å². The molecule has 0 radical (unpaired) electrons. The lowest BCUT2D eigenvalue weighted by Crippen LogP contribution is -1.99. The van der Waals surface area contributed by atoms with Crippen LogP contribution in [0.4, 0.5) is 0 Å². The van der Waals surface area contributed by atoms with Gasteiger partial charge < -0.3 is 4.40 Å². The number of rotatable bonds is 3. The van der Waals surface area contributed by atoms with Crippen LogP contribution in [0, 0.1) is 13.8 Å². The van der Waals surface area contributed by atoms with Crippen molar-refractivity contribution in [2.75, 3.05) is 0 Å². The Balaban J connectivity index is 1.92. The van der Waals surface area contributed by atoms with E-state index < -0.39 is 0 Å². The Morgan fingerprint density at radius 1 is 1.05 bits per heavy atom. The van der Waals surface area contributed by atoms with Crippen molar-refractivity contribution in [3.8, 4) is 0 Å². The monoisotopic (exact) mass is 328 g/mol. The summed E-state index contributed by atoms with van der Waals surface area (Å²) < 4.78 is 3.12. The highest BCUT2D eigenvalue weighted by Gasteiger charge is 2.09. The number of imidazole rings is 1. The highest BCUT2D eigenvalue weighted by molar-refractivity contribution is 9.10. The van der Waals surface area contributed by atoms with Crippen LogP contribution in [0.15, 0.2) is 47.2 Å². The SMILES string of the molecule is Cc1ccc2c(Br)nc(CCc3ccccc3C)n2c1. The summed E-state index contributed by atoms with van der Waals surface area (Å²) in [7, 11) is 0. The van der Waals surface area contributed by atoms with Gasteiger partial charge in [-0.15, -0.1) is 0 Å². The lowest BCUT2D eigenvalue weighted by molar-refractivity contribution is 0.846. The lowest BCUT2D eigenvalue weighted by atomic mass is 10.0. The number of hydrogen-bond donors (Lipinski definition) is 0. The van der Waals surface area contributed by atoms with E-state index in [2.05, 4.69) is 81.8 Å². The Kier molecular flexibility index (Phi) is 3.62. The van der Waals surface area contributed by atoms with Gasteiger partial charge in [0.25, 0.3) is 0 Å². The highest BCUT2D eigenvalue weighted by Crippen LogP contribution is 2.21. The van der Waals surface area contributed by atoms with Gasteiger partial charge >= 0.3 is 0 Å². The summed E-state index contributed by atoms with van der Waals surface area (Å²) in [5.74, 6) is 1.11. The quantitative estimate of drug-likeness (QED) is 0.692. The molecule has 3 aromatic rings. The second-order valence-corrected chi connectivity index (χ2v) is 5.96. The van der Waals surface area contributed by atoms with Gasteiger partial charge in [-0.1, -0.05) is 30.3 Å². The molecule has 0 bridgehead atoms. The first kappa shape index (κ1) is 13.4. The highest BCUT2D eigenvalue weighted by atomic mass is 79.9. The molecule has 0 unspecified atom stereocenters. The summed E-state index contributed by atoms with van der Waals surface area (Å²) in [4.78, 5) is 4.66. The van der Waals surface area contributed by atoms with Crippen molar-refractivity contribution >= 4 is 21.4 Å². The lowest BCUT2D eigenvalue weighted by Gasteiger charge is -2.05. The Hall–Kier alpha value is -1.61. The van der Waals surface area contributed by atoms with Crippen LogP contribution in [0.2, 0.25) is 0 Å². The number of nitrogens with zero attached hydrogens (tertiary/aromatic N) is 2. The van der Waals surface area contributed by atoms with E-state index in [1.165, 1.54) is 16.7 Å². The van der Waals surface area contributed by atoms with E-state index in [-0.39, 0.29) is 0 Å². The third kappa shape index (κ3) is 2.50. The Labute approximate surface area is 127 Å². The van der Waals surface area contributed by atoms with Gasteiger partial charge in [0.05, 0.1) is 5.52 Å². The number of benzene rings is 1. The molecule has 0 N–H and O–H groups in total. The molecule has 0 atom stereocenters. The zero-order chi connectivity index (χ0) is 14.1. The molecule has 0 aliphatic rings. The number of fused-ring (bicyclic) bond motifs is 1. The molecule has 2 heterocycles. The maximum absolute atomic E-state index is 4.66. The second kappa shape index (κ2) is 5.41. The molecule has 0 spiro atoms. The van der Waals surface area contributed by atoms with Crippen LogP contribution in [0.25, 0.3) is 5.52 Å². The van der Waals surface area contributed by atoms with Gasteiger partial charge in [0.15, 0.2) is 0 Å². The number of hydrogen-bond acceptors (Lipinski definition) is 1. The molecule has 0 amide bonds. The van der Waals surface area contributed by atoms with Gasteiger partial charge in [-0.3, -0.25) is 0 Å². The molecule has 0 saturated carbocycles. The molecule has 0 aliphatic carbocycles. The van der Waals surface area contributed by atoms with Crippen LogP contribution >= 0.6 is 15.9 Å². The fourth-order valence-electron chi connectivity index (χ4n) is 2.53. The zero-order valence-corrected chi connectivity index (χ0v) is 13.3. The van der Waals surface area contributed by atoms with Crippen LogP contribution < -0.4 is 0 Å². The molecule has 2 nitrogen and oxygen atoms in total. The molecule has 0 saturated heterocycles. The van der Waals surface area contributed by atoms with Crippen LogP contribution in [0.5, 0.6) is 0 Å². The van der Waals surface area contributed by atoms with Crippen molar-refractivity contribution in [2.24, 2.45) is 0 Å². The Morgan fingerprint density at radius 2 is 1.85 bits per heavy atom. The summed E-state index contributed by atoms with van der Waals surface area (Å²) >= 11 is 3.55. The predicted octanol–water partition coefficient (Wildman–Crippen LogP) is 4.50. The molecular weight excluding hydrogens is 312 g/mol. The normalized spacial score (nSPS) is 11.2. The molecule has 102 valence electrons. The van der Waals surface area contributed by atoms with E-state index >= 15 is 0 Å². The van der Waals surface area contributed by atoms with Crippen molar-refractivity contribution in [3.63, 3.8) is 0 Å². The zero-order valence-electron chi connectivity index (χ0n) is 11.7. The average molecular weight is 329 g/mol. The molecule has 2 aromatic heterocycles. The minimum Gasteiger partial charge on any atom is -0.302 e. The van der Waals surface area contributed by atoms with E-state index in [4.69, 9.17) is 0 Å². The minimum atomic E-state index is 0.928. The van der Waals surface area contributed by atoms with E-state index in [9.17, 15) is 0 Å². The smallest absolute Gasteiger partial charge is 0.132 e. The first-order chi connectivity index (χ1) is 9.65. The van der Waals surface area contributed by atoms with Crippen molar-refractivity contribution < 1.29 is 0 Å². The van der Waals surface area contributed by atoms with Gasteiger partial charge in [0.2, 0.25) is 0 Å². The van der Waals surface area contributed by atoms with Crippen LogP contribution in [0.3, 0.4) is 0 Å². The number of aromatic nitrogens is 2. The summed E-state index contributed by atoms with van der Waals surface area (Å²) in [6.45, 7) is 4.28. The first-order valence-electron chi connectivity index (χ1n) is 6.83. The molecule has 0 fully saturated rings. The number of halogens is 1. The maximum Gasteiger partial charge on any atom is 0.132 e. The van der Waals surface area contributed by atoms with Crippen LogP contribution in [0.1, 0.15) is 22.5 Å². The Morgan fingerprint density at radius 3 is 2.65 bits per heavy atom. The van der Waals surface area contributed by atoms with Gasteiger partial charge in [0.1, 0.15) is 10.4 Å². The maximum atomic E-state index is 4.66. The largest absolute Gasteiger partial charge is 0.302 e. The summed E-state index contributed by atoms with van der Waals surface area (Å²) in [5, 5.41) is 0. The van der Waals surface area contributed by atoms with Crippen LogP contribution in [-0.4, -0.2) is 9.38 Å². The molecular formula is C17H17BrN2. The van der Waals surface area contributed by atoms with Gasteiger partial charge in [-0.25, -0.2) is 4.98 Å². The molecule has 1 aromatic carbocycles. The van der Waals surface area contributed by atoms with E-state index in [0.717, 1.165) is 28.8 Å². The van der Waals surface area contributed by atoms with Crippen molar-refractivity contribution in [1.29, 1.82) is 0 Å². The predicted molar refractivity (Wildman–Crippen MR) is 86.2 cm³/mol. The van der Waals surface area contributed by atoms with Gasteiger partial charge in [0, 0.05) is 12.6 Å². The summed E-state index contributed by atoms with van der Waals surface area (Å²) in [6, 6.07) is 12.8. The molecule has 20 heavy (non-hydrogen) atoms. The fraction of sp³-hybridized carbons (Fsp3) is 0.235. The van der Waals surface area contributed by atoms with Gasteiger partial charge in [-0.05, 0) is 59.0 Å². The summed E-state index contributed by atoms with van der Waals surface area (Å²) in [6.07, 6.45) is 4.12. The third-order valence-corrected chi connectivity index (χ3v) is 4.28. The molecule has 3 heteroatoms. The van der Waals surface area contributed by atoms with Gasteiger partial charge in [-0.2, -0.15) is 0 Å². The standard InChI is InChI=1S/C17H17BrN2/c1-12-7-9-15-17(18)19-16(20(15)11-12)10-8-14-6-4-3-5-13(14)2/h3-7,9,11H,8,10H2,1-2H3. The van der Waals surface area contributed by atoms with Crippen molar-refractivity contribution in [3.05, 3.63) is 69.7 Å². The van der Waals surface area contributed by atoms with Crippen molar-refractivity contribution in [1.82, 2.24) is 9.38 Å². The fourth-order valence-corrected chi connectivity index (χ4v) is 3.05. The third-order valence-electron chi connectivity index (χ3n) is 3.69. The topological polar surface area (TPSA) is 17.3 Å². The van der Waals surface area contributed by atoms with Crippen LogP contribution in [-0.2, 0) is 12.8 Å². The van der Waals surface area contributed by atoms with E-state index in [1.54, 1.807) is 0 Å². The second-order valence-electron chi connectivity index (χ2n) is 5.21. The number of aryl methyl sites for hydroxylation is 4. The number of pyridine rings is 1. The van der Waals surface area contributed by atoms with E-state index in [1.807, 2.05) is 0 Å². The Bertz CT molecular complexity index is 759. The molecule has 3 rings (SSSR count). The minimum absolute atomic E-state index is 0.928. The molecule has 0 aliphatic heterocycles. The average Bonchev–Trinajstić information content (AvgIpc) is 2.74. The van der Waals surface area contributed by atoms with Crippen molar-refractivity contribution in [2.45, 2.75) is 26.7 Å². The summed E-state index contributed by atoms with van der Waals surface area (Å²) in [5.41, 5.74) is 5.13.